The maximum Gasteiger partial charge on any atom is 0.275 e. The van der Waals surface area contributed by atoms with Gasteiger partial charge in [-0.05, 0) is 13.0 Å². The van der Waals surface area contributed by atoms with Crippen LogP contribution in [0.1, 0.15) is 39.4 Å². The van der Waals surface area contributed by atoms with Crippen LogP contribution >= 0.6 is 11.6 Å². The number of hydrogen-bond acceptors (Lipinski definition) is 5. The summed E-state index contributed by atoms with van der Waals surface area (Å²) >= 11 is 5.55. The van der Waals surface area contributed by atoms with E-state index < -0.39 is 57.4 Å². The van der Waals surface area contributed by atoms with Crippen molar-refractivity contribution in [2.75, 3.05) is 13.7 Å². The number of aromatic hydroxyl groups is 1. The van der Waals surface area contributed by atoms with E-state index >= 15 is 0 Å². The molecule has 3 atom stereocenters. The lowest BCUT2D eigenvalue weighted by Gasteiger charge is -2.38. The molecule has 2 aliphatic rings. The van der Waals surface area contributed by atoms with Gasteiger partial charge in [0.1, 0.15) is 22.2 Å². The van der Waals surface area contributed by atoms with Gasteiger partial charge in [-0.25, -0.2) is 8.78 Å². The molecule has 0 fully saturated rings. The van der Waals surface area contributed by atoms with Crippen molar-refractivity contribution < 1.29 is 28.2 Å². The van der Waals surface area contributed by atoms with Crippen LogP contribution in [0.15, 0.2) is 35.3 Å². The third kappa shape index (κ3) is 3.79. The molecule has 33 heavy (non-hydrogen) atoms. The summed E-state index contributed by atoms with van der Waals surface area (Å²) in [6.07, 6.45) is 4.28. The van der Waals surface area contributed by atoms with Crippen molar-refractivity contribution in [3.8, 4) is 5.75 Å². The zero-order chi connectivity index (χ0) is 24.0. The number of nitrogens with zero attached hydrogens (tertiary/aromatic N) is 2. The van der Waals surface area contributed by atoms with Gasteiger partial charge in [0, 0.05) is 38.0 Å². The SMILES string of the molecule is COC1C=CC(C)N2CC1n1cc(C(=O)NCc3ccc(F)c(Cl)c3F)c(=O)c(O)c1C2=O. The van der Waals surface area contributed by atoms with Crippen molar-refractivity contribution in [1.82, 2.24) is 14.8 Å². The van der Waals surface area contributed by atoms with Gasteiger partial charge < -0.3 is 24.6 Å². The van der Waals surface area contributed by atoms with Crippen molar-refractivity contribution in [3.05, 3.63) is 74.2 Å². The number of nitrogens with one attached hydrogen (secondary N) is 1. The van der Waals surface area contributed by atoms with Crippen LogP contribution in [-0.2, 0) is 11.3 Å². The maximum atomic E-state index is 14.1. The Morgan fingerprint density at radius 1 is 1.30 bits per heavy atom. The molecule has 4 rings (SSSR count). The highest BCUT2D eigenvalue weighted by molar-refractivity contribution is 6.30. The molecule has 8 nitrogen and oxygen atoms in total. The zero-order valence-electron chi connectivity index (χ0n) is 17.6. The second-order valence-corrected chi connectivity index (χ2v) is 8.22. The van der Waals surface area contributed by atoms with Crippen LogP contribution in [0.25, 0.3) is 0 Å². The molecule has 1 aromatic carbocycles. The molecule has 3 unspecified atom stereocenters. The van der Waals surface area contributed by atoms with Crippen molar-refractivity contribution in [1.29, 1.82) is 0 Å². The Kier molecular flexibility index (Phi) is 5.98. The second-order valence-electron chi connectivity index (χ2n) is 7.84. The van der Waals surface area contributed by atoms with Gasteiger partial charge in [-0.2, -0.15) is 0 Å². The molecular formula is C22H20ClF2N3O5. The van der Waals surface area contributed by atoms with Crippen molar-refractivity contribution in [2.24, 2.45) is 0 Å². The second kappa shape index (κ2) is 8.60. The Bertz CT molecular complexity index is 1250. The molecular weight excluding hydrogens is 460 g/mol. The molecule has 2 aliphatic heterocycles. The van der Waals surface area contributed by atoms with E-state index in [1.54, 1.807) is 19.1 Å². The number of fused-ring (bicyclic) bond motifs is 4. The van der Waals surface area contributed by atoms with Crippen molar-refractivity contribution >= 4 is 23.4 Å². The van der Waals surface area contributed by atoms with E-state index in [-0.39, 0.29) is 30.4 Å². The van der Waals surface area contributed by atoms with E-state index in [0.29, 0.717) is 0 Å². The standard InChI is InChI=1S/C22H20ClF2N3O5/c1-10-3-6-15(33-2)14-9-27(10)22(32)18-20(30)19(29)12(8-28(14)18)21(31)26-7-11-4-5-13(24)16(23)17(11)25/h3-6,8,10,14-15,30H,7,9H2,1-2H3,(H,26,31). The number of halogens is 3. The van der Waals surface area contributed by atoms with E-state index in [1.165, 1.54) is 22.8 Å². The number of ether oxygens (including phenoxy) is 1. The normalized spacial score (nSPS) is 21.5. The van der Waals surface area contributed by atoms with Gasteiger partial charge in [0.15, 0.2) is 11.4 Å². The quantitative estimate of drug-likeness (QED) is 0.518. The average Bonchev–Trinajstić information content (AvgIpc) is 2.94. The molecule has 2 bridgehead atoms. The summed E-state index contributed by atoms with van der Waals surface area (Å²) in [5.74, 6) is -4.30. The summed E-state index contributed by atoms with van der Waals surface area (Å²) in [5, 5.41) is 12.2. The summed E-state index contributed by atoms with van der Waals surface area (Å²) in [6.45, 7) is 1.65. The lowest BCUT2D eigenvalue weighted by Crippen LogP contribution is -2.49. The third-order valence-corrected chi connectivity index (χ3v) is 6.28. The molecule has 2 aromatic rings. The van der Waals surface area contributed by atoms with E-state index in [9.17, 15) is 28.3 Å². The first-order chi connectivity index (χ1) is 15.6. The van der Waals surface area contributed by atoms with Crippen LogP contribution in [0.2, 0.25) is 5.02 Å². The summed E-state index contributed by atoms with van der Waals surface area (Å²) in [6, 6.07) is 1.28. The maximum absolute atomic E-state index is 14.1. The Morgan fingerprint density at radius 3 is 2.73 bits per heavy atom. The number of pyridine rings is 1. The molecule has 174 valence electrons. The first-order valence-electron chi connectivity index (χ1n) is 10.1. The van der Waals surface area contributed by atoms with Crippen molar-refractivity contribution in [3.63, 3.8) is 0 Å². The lowest BCUT2D eigenvalue weighted by atomic mass is 10.0. The fourth-order valence-corrected chi connectivity index (χ4v) is 4.27. The number of aromatic nitrogens is 1. The smallest absolute Gasteiger partial charge is 0.275 e. The highest BCUT2D eigenvalue weighted by atomic mass is 35.5. The fourth-order valence-electron chi connectivity index (χ4n) is 4.09. The molecule has 3 heterocycles. The number of carbonyl (C=O) groups excluding carboxylic acids is 2. The number of amides is 2. The number of hydrogen-bond donors (Lipinski definition) is 2. The largest absolute Gasteiger partial charge is 0.503 e. The highest BCUT2D eigenvalue weighted by Crippen LogP contribution is 2.33. The first-order valence-corrected chi connectivity index (χ1v) is 10.4. The van der Waals surface area contributed by atoms with Gasteiger partial charge >= 0.3 is 0 Å². The van der Waals surface area contributed by atoms with Gasteiger partial charge in [-0.3, -0.25) is 14.4 Å². The number of methoxy groups -OCH3 is 1. The van der Waals surface area contributed by atoms with Crippen LogP contribution in [0.5, 0.6) is 5.75 Å². The molecule has 2 amide bonds. The van der Waals surface area contributed by atoms with Crippen LogP contribution in [0.3, 0.4) is 0 Å². The Labute approximate surface area is 192 Å². The highest BCUT2D eigenvalue weighted by Gasteiger charge is 2.41. The third-order valence-electron chi connectivity index (χ3n) is 5.94. The molecule has 0 saturated carbocycles. The first kappa shape index (κ1) is 22.9. The van der Waals surface area contributed by atoms with Gasteiger partial charge in [0.05, 0.1) is 12.1 Å². The minimum atomic E-state index is -1.04. The number of rotatable bonds is 4. The molecule has 11 heteroatoms. The van der Waals surface area contributed by atoms with Gasteiger partial charge in [0.25, 0.3) is 11.8 Å². The lowest BCUT2D eigenvalue weighted by molar-refractivity contribution is 0.0435. The minimum absolute atomic E-state index is 0.0924. The van der Waals surface area contributed by atoms with Crippen LogP contribution in [0.4, 0.5) is 8.78 Å². The number of benzene rings is 1. The Balaban J connectivity index is 1.71. The molecule has 0 radical (unpaired) electrons. The summed E-state index contributed by atoms with van der Waals surface area (Å²) < 4.78 is 34.4. The Morgan fingerprint density at radius 2 is 2.03 bits per heavy atom. The molecule has 0 spiro atoms. The van der Waals surface area contributed by atoms with Gasteiger partial charge in [-0.15, -0.1) is 0 Å². The zero-order valence-corrected chi connectivity index (χ0v) is 18.4. The molecule has 2 N–H and O–H groups in total. The summed E-state index contributed by atoms with van der Waals surface area (Å²) in [7, 11) is 1.49. The van der Waals surface area contributed by atoms with Crippen LogP contribution < -0.4 is 10.7 Å². The Hall–Kier alpha value is -3.24. The van der Waals surface area contributed by atoms with E-state index in [1.807, 2.05) is 0 Å². The molecule has 0 saturated heterocycles. The van der Waals surface area contributed by atoms with E-state index in [0.717, 1.165) is 12.1 Å². The van der Waals surface area contributed by atoms with Gasteiger partial charge in [-0.1, -0.05) is 29.8 Å². The summed E-state index contributed by atoms with van der Waals surface area (Å²) in [5.41, 5.74) is -1.81. The molecule has 0 aliphatic carbocycles. The predicted octanol–water partition coefficient (Wildman–Crippen LogP) is 2.39. The number of carbonyl (C=O) groups is 2. The van der Waals surface area contributed by atoms with Gasteiger partial charge in [0.2, 0.25) is 5.43 Å². The van der Waals surface area contributed by atoms with Crippen LogP contribution in [-0.4, -0.2) is 52.2 Å². The average molecular weight is 480 g/mol. The van der Waals surface area contributed by atoms with E-state index in [4.69, 9.17) is 16.3 Å². The molecule has 1 aromatic heterocycles. The van der Waals surface area contributed by atoms with E-state index in [2.05, 4.69) is 5.32 Å². The fraction of sp³-hybridized carbons (Fsp3) is 0.318. The van der Waals surface area contributed by atoms with Crippen molar-refractivity contribution in [2.45, 2.75) is 31.7 Å². The topological polar surface area (TPSA) is 101 Å². The minimum Gasteiger partial charge on any atom is -0.503 e. The predicted molar refractivity (Wildman–Crippen MR) is 114 cm³/mol. The summed E-state index contributed by atoms with van der Waals surface area (Å²) in [4.78, 5) is 40.0. The monoisotopic (exact) mass is 479 g/mol. The van der Waals surface area contributed by atoms with Crippen LogP contribution in [0, 0.1) is 11.6 Å².